The number of phenolic OH excluding ortho intramolecular Hbond substituents is 1. The van der Waals surface area contributed by atoms with Crippen LogP contribution in [-0.2, 0) is 0 Å². The van der Waals surface area contributed by atoms with Gasteiger partial charge in [0, 0.05) is 19.1 Å². The number of amides is 3. The molecule has 2 rings (SSSR count). The molecule has 0 radical (unpaired) electrons. The van der Waals surface area contributed by atoms with E-state index in [1.165, 1.54) is 6.07 Å². The van der Waals surface area contributed by atoms with Crippen molar-refractivity contribution in [2.75, 3.05) is 13.1 Å². The fraction of sp³-hybridized carbons (Fsp3) is 0.529. The van der Waals surface area contributed by atoms with E-state index in [-0.39, 0.29) is 29.3 Å². The van der Waals surface area contributed by atoms with E-state index in [0.717, 1.165) is 31.6 Å². The molecule has 6 heteroatoms. The fourth-order valence-corrected chi connectivity index (χ4v) is 2.75. The number of hydrogen-bond donors (Lipinski definition) is 4. The lowest BCUT2D eigenvalue weighted by molar-refractivity contribution is 0.0951. The zero-order valence-electron chi connectivity index (χ0n) is 13.5. The lowest BCUT2D eigenvalue weighted by Gasteiger charge is -2.26. The van der Waals surface area contributed by atoms with E-state index in [0.29, 0.717) is 13.1 Å². The molecule has 1 aromatic rings. The molecule has 4 N–H and O–H groups in total. The van der Waals surface area contributed by atoms with Crippen molar-refractivity contribution in [1.82, 2.24) is 16.0 Å². The van der Waals surface area contributed by atoms with Crippen molar-refractivity contribution in [3.05, 3.63) is 29.8 Å². The lowest BCUT2D eigenvalue weighted by atomic mass is 9.87. The first kappa shape index (κ1) is 17.1. The number of aromatic hydroxyl groups is 1. The highest BCUT2D eigenvalue weighted by Crippen LogP contribution is 2.23. The number of rotatable bonds is 5. The van der Waals surface area contributed by atoms with Crippen LogP contribution < -0.4 is 16.0 Å². The minimum absolute atomic E-state index is 0.0535. The third-order valence-corrected chi connectivity index (χ3v) is 4.20. The Kier molecular flexibility index (Phi) is 6.26. The molecule has 0 aliphatic heterocycles. The van der Waals surface area contributed by atoms with Gasteiger partial charge in [-0.25, -0.2) is 4.79 Å². The summed E-state index contributed by atoms with van der Waals surface area (Å²) in [5.41, 5.74) is 0.230. The van der Waals surface area contributed by atoms with Crippen molar-refractivity contribution < 1.29 is 14.7 Å². The number of carbonyl (C=O) groups excluding carboxylic acids is 2. The van der Waals surface area contributed by atoms with Gasteiger partial charge in [0.2, 0.25) is 0 Å². The zero-order chi connectivity index (χ0) is 16.7. The average Bonchev–Trinajstić information content (AvgIpc) is 2.54. The van der Waals surface area contributed by atoms with Gasteiger partial charge in [-0.1, -0.05) is 19.1 Å². The molecule has 3 amide bonds. The Morgan fingerprint density at radius 2 is 1.74 bits per heavy atom. The highest BCUT2D eigenvalue weighted by molar-refractivity contribution is 5.96. The Labute approximate surface area is 136 Å². The van der Waals surface area contributed by atoms with Crippen LogP contribution in [0.15, 0.2) is 24.3 Å². The number of carbonyl (C=O) groups is 2. The van der Waals surface area contributed by atoms with Crippen molar-refractivity contribution in [2.24, 2.45) is 5.92 Å². The first-order chi connectivity index (χ1) is 11.1. The zero-order valence-corrected chi connectivity index (χ0v) is 13.5. The number of hydrogen-bond acceptors (Lipinski definition) is 3. The van der Waals surface area contributed by atoms with Crippen LogP contribution in [0.4, 0.5) is 4.79 Å². The van der Waals surface area contributed by atoms with Crippen molar-refractivity contribution in [3.63, 3.8) is 0 Å². The first-order valence-corrected chi connectivity index (χ1v) is 8.17. The maximum absolute atomic E-state index is 11.9. The van der Waals surface area contributed by atoms with Crippen LogP contribution in [0.3, 0.4) is 0 Å². The predicted molar refractivity (Wildman–Crippen MR) is 88.4 cm³/mol. The molecular weight excluding hydrogens is 294 g/mol. The molecule has 0 spiro atoms. The van der Waals surface area contributed by atoms with E-state index >= 15 is 0 Å². The summed E-state index contributed by atoms with van der Waals surface area (Å²) in [4.78, 5) is 23.6. The Morgan fingerprint density at radius 3 is 2.43 bits per heavy atom. The largest absolute Gasteiger partial charge is 0.507 e. The Hall–Kier alpha value is -2.24. The summed E-state index contributed by atoms with van der Waals surface area (Å²) < 4.78 is 0. The van der Waals surface area contributed by atoms with Crippen LogP contribution in [0.2, 0.25) is 0 Å². The monoisotopic (exact) mass is 319 g/mol. The summed E-state index contributed by atoms with van der Waals surface area (Å²) in [5, 5.41) is 18.0. The van der Waals surface area contributed by atoms with E-state index in [2.05, 4.69) is 22.9 Å². The molecule has 0 saturated heterocycles. The van der Waals surface area contributed by atoms with Crippen LogP contribution in [0.1, 0.15) is 43.0 Å². The van der Waals surface area contributed by atoms with Gasteiger partial charge in [0.05, 0.1) is 5.56 Å². The number of urea groups is 1. The Bertz CT molecular complexity index is 540. The fourth-order valence-electron chi connectivity index (χ4n) is 2.75. The normalized spacial score (nSPS) is 20.6. The summed E-state index contributed by atoms with van der Waals surface area (Å²) in [5.74, 6) is 0.342. The van der Waals surface area contributed by atoms with Crippen LogP contribution in [0.5, 0.6) is 5.75 Å². The van der Waals surface area contributed by atoms with Crippen LogP contribution in [-0.4, -0.2) is 36.2 Å². The number of nitrogens with one attached hydrogen (secondary N) is 3. The van der Waals surface area contributed by atoms with E-state index in [9.17, 15) is 14.7 Å². The van der Waals surface area contributed by atoms with Crippen LogP contribution in [0.25, 0.3) is 0 Å². The van der Waals surface area contributed by atoms with Crippen molar-refractivity contribution >= 4 is 11.9 Å². The molecule has 0 unspecified atom stereocenters. The molecule has 23 heavy (non-hydrogen) atoms. The molecule has 0 bridgehead atoms. The molecule has 0 aromatic heterocycles. The van der Waals surface area contributed by atoms with Gasteiger partial charge >= 0.3 is 6.03 Å². The van der Waals surface area contributed by atoms with Gasteiger partial charge < -0.3 is 21.1 Å². The molecule has 1 aliphatic rings. The number of para-hydroxylation sites is 1. The highest BCUT2D eigenvalue weighted by atomic mass is 16.3. The van der Waals surface area contributed by atoms with E-state index in [4.69, 9.17) is 0 Å². The molecule has 1 saturated carbocycles. The van der Waals surface area contributed by atoms with Crippen molar-refractivity contribution in [3.8, 4) is 5.75 Å². The molecule has 1 fully saturated rings. The van der Waals surface area contributed by atoms with Gasteiger partial charge in [-0.3, -0.25) is 4.79 Å². The number of benzene rings is 1. The molecule has 126 valence electrons. The van der Waals surface area contributed by atoms with Gasteiger partial charge in [0.15, 0.2) is 0 Å². The predicted octanol–water partition coefficient (Wildman–Crippen LogP) is 2.00. The van der Waals surface area contributed by atoms with Gasteiger partial charge in [0.25, 0.3) is 5.91 Å². The molecule has 1 aromatic carbocycles. The molecule has 0 heterocycles. The van der Waals surface area contributed by atoms with Crippen LogP contribution in [0, 0.1) is 5.92 Å². The van der Waals surface area contributed by atoms with Gasteiger partial charge in [-0.2, -0.15) is 0 Å². The van der Waals surface area contributed by atoms with Gasteiger partial charge in [0.1, 0.15) is 5.75 Å². The third kappa shape index (κ3) is 5.47. The Balaban J connectivity index is 1.62. The summed E-state index contributed by atoms with van der Waals surface area (Å²) in [7, 11) is 0. The molecule has 0 atom stereocenters. The summed E-state index contributed by atoms with van der Waals surface area (Å²) in [6.45, 7) is 2.89. The standard InChI is InChI=1S/C17H25N3O3/c1-12-6-8-13(9-7-12)20-17(23)19-11-10-18-16(22)14-4-2-3-5-15(14)21/h2-5,12-13,21H,6-11H2,1H3,(H,18,22)(H2,19,20,23). The summed E-state index contributed by atoms with van der Waals surface area (Å²) in [6.07, 6.45) is 4.36. The van der Waals surface area contributed by atoms with E-state index < -0.39 is 0 Å². The molecular formula is C17H25N3O3. The van der Waals surface area contributed by atoms with E-state index in [1.807, 2.05) is 0 Å². The van der Waals surface area contributed by atoms with Crippen molar-refractivity contribution in [2.45, 2.75) is 38.6 Å². The van der Waals surface area contributed by atoms with Crippen LogP contribution >= 0.6 is 0 Å². The third-order valence-electron chi connectivity index (χ3n) is 4.20. The van der Waals surface area contributed by atoms with Gasteiger partial charge in [-0.15, -0.1) is 0 Å². The second kappa shape index (κ2) is 8.41. The topological polar surface area (TPSA) is 90.5 Å². The minimum Gasteiger partial charge on any atom is -0.507 e. The minimum atomic E-state index is -0.355. The summed E-state index contributed by atoms with van der Waals surface area (Å²) in [6, 6.07) is 6.42. The smallest absolute Gasteiger partial charge is 0.315 e. The lowest BCUT2D eigenvalue weighted by Crippen LogP contribution is -2.45. The van der Waals surface area contributed by atoms with Crippen molar-refractivity contribution in [1.29, 1.82) is 0 Å². The maximum atomic E-state index is 11.9. The quantitative estimate of drug-likeness (QED) is 0.626. The number of phenols is 1. The second-order valence-electron chi connectivity index (χ2n) is 6.13. The second-order valence-corrected chi connectivity index (χ2v) is 6.13. The highest BCUT2D eigenvalue weighted by Gasteiger charge is 2.19. The average molecular weight is 319 g/mol. The Morgan fingerprint density at radius 1 is 1.09 bits per heavy atom. The first-order valence-electron chi connectivity index (χ1n) is 8.17. The van der Waals surface area contributed by atoms with E-state index in [1.54, 1.807) is 18.2 Å². The SMILES string of the molecule is CC1CCC(NC(=O)NCCNC(=O)c2ccccc2O)CC1. The summed E-state index contributed by atoms with van der Waals surface area (Å²) >= 11 is 0. The molecule has 1 aliphatic carbocycles. The molecule has 6 nitrogen and oxygen atoms in total. The van der Waals surface area contributed by atoms with Gasteiger partial charge in [-0.05, 0) is 43.7 Å². The maximum Gasteiger partial charge on any atom is 0.315 e.